The summed E-state index contributed by atoms with van der Waals surface area (Å²) in [6, 6.07) is 28.3. The van der Waals surface area contributed by atoms with Crippen molar-refractivity contribution in [3.8, 4) is 11.5 Å². The van der Waals surface area contributed by atoms with E-state index in [0.29, 0.717) is 0 Å². The van der Waals surface area contributed by atoms with E-state index in [1.165, 1.54) is 11.1 Å². The van der Waals surface area contributed by atoms with E-state index in [2.05, 4.69) is 30.3 Å². The zero-order valence-corrected chi connectivity index (χ0v) is 14.5. The van der Waals surface area contributed by atoms with Gasteiger partial charge >= 0.3 is 9.76 Å². The summed E-state index contributed by atoms with van der Waals surface area (Å²) in [7, 11) is 1.88. The van der Waals surface area contributed by atoms with Crippen LogP contribution in [0.3, 0.4) is 0 Å². The minimum atomic E-state index is 0.221. The van der Waals surface area contributed by atoms with Crippen LogP contribution in [0.5, 0.6) is 11.5 Å². The molecule has 0 N–H and O–H groups in total. The third kappa shape index (κ3) is 4.37. The SMILES string of the molecule is COc1ccc(O[Si]/C(=C\c2ccccc2)c2ccccc2)cc1. The first kappa shape index (κ1) is 16.1. The van der Waals surface area contributed by atoms with Crippen molar-refractivity contribution in [2.24, 2.45) is 0 Å². The van der Waals surface area contributed by atoms with Gasteiger partial charge in [0.15, 0.2) is 0 Å². The van der Waals surface area contributed by atoms with Crippen molar-refractivity contribution in [1.82, 2.24) is 0 Å². The maximum Gasteiger partial charge on any atom is 0.351 e. The Morgan fingerprint density at radius 1 is 0.750 bits per heavy atom. The Labute approximate surface area is 145 Å². The minimum absolute atomic E-state index is 0.221. The lowest BCUT2D eigenvalue weighted by atomic mass is 10.1. The molecule has 0 aliphatic carbocycles. The van der Waals surface area contributed by atoms with Crippen molar-refractivity contribution in [2.45, 2.75) is 0 Å². The molecule has 0 unspecified atom stereocenters. The normalized spacial score (nSPS) is 11.1. The van der Waals surface area contributed by atoms with E-state index in [0.717, 1.165) is 16.7 Å². The van der Waals surface area contributed by atoms with Gasteiger partial charge in [0, 0.05) is 0 Å². The van der Waals surface area contributed by atoms with Gasteiger partial charge in [0.2, 0.25) is 0 Å². The zero-order valence-electron chi connectivity index (χ0n) is 13.5. The molecule has 0 bridgehead atoms. The van der Waals surface area contributed by atoms with E-state index in [1.54, 1.807) is 7.11 Å². The van der Waals surface area contributed by atoms with E-state index in [4.69, 9.17) is 9.16 Å². The lowest BCUT2D eigenvalue weighted by molar-refractivity contribution is 0.414. The molecule has 0 amide bonds. The van der Waals surface area contributed by atoms with Crippen LogP contribution in [0.25, 0.3) is 11.3 Å². The van der Waals surface area contributed by atoms with E-state index < -0.39 is 0 Å². The highest BCUT2D eigenvalue weighted by molar-refractivity contribution is 6.58. The van der Waals surface area contributed by atoms with Crippen molar-refractivity contribution in [1.29, 1.82) is 0 Å². The summed E-state index contributed by atoms with van der Waals surface area (Å²) < 4.78 is 11.2. The summed E-state index contributed by atoms with van der Waals surface area (Å²) >= 11 is 0. The first-order chi connectivity index (χ1) is 11.8. The fraction of sp³-hybridized carbons (Fsp3) is 0.0476. The third-order valence-electron chi connectivity index (χ3n) is 3.53. The molecule has 118 valence electrons. The summed E-state index contributed by atoms with van der Waals surface area (Å²) in [4.78, 5) is 0. The predicted octanol–water partition coefficient (Wildman–Crippen LogP) is 4.89. The van der Waals surface area contributed by atoms with Gasteiger partial charge in [-0.3, -0.25) is 0 Å². The Morgan fingerprint density at radius 2 is 1.33 bits per heavy atom. The van der Waals surface area contributed by atoms with Gasteiger partial charge in [-0.05, 0) is 40.6 Å². The first-order valence-corrected chi connectivity index (χ1v) is 8.65. The fourth-order valence-corrected chi connectivity index (χ4v) is 3.14. The monoisotopic (exact) mass is 330 g/mol. The molecule has 0 aliphatic heterocycles. The van der Waals surface area contributed by atoms with Gasteiger partial charge in [-0.15, -0.1) is 0 Å². The molecule has 0 saturated heterocycles. The van der Waals surface area contributed by atoms with Gasteiger partial charge in [-0.25, -0.2) is 0 Å². The van der Waals surface area contributed by atoms with Gasteiger partial charge in [-0.2, -0.15) is 0 Å². The lowest BCUT2D eigenvalue weighted by Crippen LogP contribution is -2.05. The molecule has 3 rings (SSSR count). The van der Waals surface area contributed by atoms with Crippen molar-refractivity contribution < 1.29 is 9.16 Å². The number of rotatable bonds is 6. The topological polar surface area (TPSA) is 18.5 Å². The summed E-state index contributed by atoms with van der Waals surface area (Å²) in [6.07, 6.45) is 2.18. The Balaban J connectivity index is 1.81. The van der Waals surface area contributed by atoms with Crippen LogP contribution < -0.4 is 9.16 Å². The minimum Gasteiger partial charge on any atom is -0.536 e. The molecule has 0 saturated carbocycles. The molecular weight excluding hydrogens is 312 g/mol. The Hall–Kier alpha value is -2.78. The summed E-state index contributed by atoms with van der Waals surface area (Å²) in [6.45, 7) is 0. The average molecular weight is 330 g/mol. The van der Waals surface area contributed by atoms with E-state index >= 15 is 0 Å². The van der Waals surface area contributed by atoms with Crippen molar-refractivity contribution in [3.63, 3.8) is 0 Å². The quantitative estimate of drug-likeness (QED) is 0.473. The lowest BCUT2D eigenvalue weighted by Gasteiger charge is -2.10. The smallest absolute Gasteiger partial charge is 0.351 e. The summed E-state index contributed by atoms with van der Waals surface area (Å²) in [5, 5.41) is 1.16. The first-order valence-electron chi connectivity index (χ1n) is 7.74. The largest absolute Gasteiger partial charge is 0.536 e. The Kier molecular flexibility index (Phi) is 5.48. The Bertz CT molecular complexity index is 781. The number of methoxy groups -OCH3 is 1. The van der Waals surface area contributed by atoms with Crippen molar-refractivity contribution in [2.75, 3.05) is 7.11 Å². The second-order valence-electron chi connectivity index (χ2n) is 5.21. The molecular formula is C21H18O2Si. The van der Waals surface area contributed by atoms with E-state index in [9.17, 15) is 0 Å². The highest BCUT2D eigenvalue weighted by Crippen LogP contribution is 2.21. The number of ether oxygens (including phenoxy) is 1. The second-order valence-corrected chi connectivity index (χ2v) is 6.16. The summed E-state index contributed by atoms with van der Waals surface area (Å²) in [5.74, 6) is 1.66. The van der Waals surface area contributed by atoms with Crippen LogP contribution in [-0.4, -0.2) is 16.9 Å². The molecule has 0 aliphatic rings. The molecule has 0 spiro atoms. The highest BCUT2D eigenvalue weighted by Gasteiger charge is 2.07. The molecule has 3 heteroatoms. The van der Waals surface area contributed by atoms with Crippen LogP contribution in [0.4, 0.5) is 0 Å². The van der Waals surface area contributed by atoms with Gasteiger partial charge in [0.25, 0.3) is 0 Å². The van der Waals surface area contributed by atoms with Crippen LogP contribution in [-0.2, 0) is 0 Å². The average Bonchev–Trinajstić information content (AvgIpc) is 2.67. The molecule has 3 aromatic rings. The predicted molar refractivity (Wildman–Crippen MR) is 100 cm³/mol. The van der Waals surface area contributed by atoms with Gasteiger partial charge in [0.1, 0.15) is 11.5 Å². The van der Waals surface area contributed by atoms with Crippen LogP contribution in [0.2, 0.25) is 0 Å². The number of hydrogen-bond donors (Lipinski definition) is 0. The molecule has 3 aromatic carbocycles. The summed E-state index contributed by atoms with van der Waals surface area (Å²) in [5.41, 5.74) is 2.34. The molecule has 2 radical (unpaired) electrons. The van der Waals surface area contributed by atoms with E-state index in [-0.39, 0.29) is 9.76 Å². The molecule has 2 nitrogen and oxygen atoms in total. The van der Waals surface area contributed by atoms with Crippen LogP contribution >= 0.6 is 0 Å². The molecule has 0 atom stereocenters. The van der Waals surface area contributed by atoms with Crippen LogP contribution in [0.1, 0.15) is 11.1 Å². The molecule has 0 aromatic heterocycles. The van der Waals surface area contributed by atoms with E-state index in [1.807, 2.05) is 60.7 Å². The van der Waals surface area contributed by atoms with Gasteiger partial charge in [-0.1, -0.05) is 66.7 Å². The molecule has 0 fully saturated rings. The molecule has 0 heterocycles. The maximum atomic E-state index is 6.00. The standard InChI is InChI=1S/C21H18O2Si/c1-22-19-12-14-20(15-13-19)23-24-21(18-10-6-3-7-11-18)16-17-8-4-2-5-9-17/h2-16H,1H3/b21-16-. The van der Waals surface area contributed by atoms with Crippen molar-refractivity contribution >= 4 is 21.0 Å². The maximum absolute atomic E-state index is 6.00. The van der Waals surface area contributed by atoms with Crippen molar-refractivity contribution in [3.05, 3.63) is 96.1 Å². The van der Waals surface area contributed by atoms with Gasteiger partial charge < -0.3 is 9.16 Å². The highest BCUT2D eigenvalue weighted by atomic mass is 28.2. The zero-order chi connectivity index (χ0) is 16.6. The fourth-order valence-electron chi connectivity index (χ4n) is 2.26. The third-order valence-corrected chi connectivity index (χ3v) is 4.52. The number of benzene rings is 3. The second kappa shape index (κ2) is 8.18. The Morgan fingerprint density at radius 3 is 1.96 bits per heavy atom. The molecule has 24 heavy (non-hydrogen) atoms. The number of hydrogen-bond acceptors (Lipinski definition) is 2. The van der Waals surface area contributed by atoms with Gasteiger partial charge in [0.05, 0.1) is 7.11 Å². The van der Waals surface area contributed by atoms with Crippen LogP contribution in [0, 0.1) is 0 Å². The van der Waals surface area contributed by atoms with Crippen LogP contribution in [0.15, 0.2) is 84.9 Å².